The molecule has 196 valence electrons. The molecule has 1 aliphatic carbocycles. The van der Waals surface area contributed by atoms with E-state index < -0.39 is 0 Å². The van der Waals surface area contributed by atoms with Gasteiger partial charge in [0, 0.05) is 17.8 Å². The Morgan fingerprint density at radius 3 is 2.62 bits per heavy atom. The maximum atomic E-state index is 13.2. The van der Waals surface area contributed by atoms with Gasteiger partial charge in [-0.15, -0.1) is 0 Å². The van der Waals surface area contributed by atoms with Crippen LogP contribution in [0, 0.1) is 11.7 Å². The summed E-state index contributed by atoms with van der Waals surface area (Å²) in [4.78, 5) is 4.70. The largest absolute Gasteiger partial charge is 0.493 e. The quantitative estimate of drug-likeness (QED) is 0.175. The predicted octanol–water partition coefficient (Wildman–Crippen LogP) is 8.75. The van der Waals surface area contributed by atoms with E-state index in [9.17, 15) is 4.39 Å². The predicted molar refractivity (Wildman–Crippen MR) is 158 cm³/mol. The summed E-state index contributed by atoms with van der Waals surface area (Å²) in [6, 6.07) is 27.5. The van der Waals surface area contributed by atoms with Crippen LogP contribution in [0.1, 0.15) is 40.6 Å². The molecule has 1 aliphatic heterocycles. The van der Waals surface area contributed by atoms with Crippen molar-refractivity contribution in [1.29, 1.82) is 0 Å². The fourth-order valence-corrected chi connectivity index (χ4v) is 6.06. The second-order valence-corrected chi connectivity index (χ2v) is 10.7. The minimum absolute atomic E-state index is 0.264. The molecule has 39 heavy (non-hydrogen) atoms. The van der Waals surface area contributed by atoms with Gasteiger partial charge in [0.1, 0.15) is 12.4 Å². The lowest BCUT2D eigenvalue weighted by atomic mass is 9.77. The van der Waals surface area contributed by atoms with Crippen LogP contribution in [0.2, 0.25) is 0 Å². The van der Waals surface area contributed by atoms with Gasteiger partial charge in [-0.1, -0.05) is 54.6 Å². The van der Waals surface area contributed by atoms with Crippen molar-refractivity contribution >= 4 is 33.5 Å². The average molecular weight is 584 g/mol. The van der Waals surface area contributed by atoms with E-state index in [0.29, 0.717) is 29.9 Å². The molecule has 4 aromatic rings. The molecule has 0 aromatic heterocycles. The van der Waals surface area contributed by atoms with Gasteiger partial charge in [0.2, 0.25) is 0 Å². The van der Waals surface area contributed by atoms with E-state index in [2.05, 4.69) is 81.9 Å². The first-order chi connectivity index (χ1) is 19.1. The Labute approximate surface area is 236 Å². The van der Waals surface area contributed by atoms with Gasteiger partial charge in [-0.05, 0) is 93.0 Å². The number of nitrogens with zero attached hydrogens (tertiary/aromatic N) is 1. The Morgan fingerprint density at radius 1 is 1.03 bits per heavy atom. The molecule has 0 saturated heterocycles. The Balaban J connectivity index is 1.16. The van der Waals surface area contributed by atoms with Gasteiger partial charge in [-0.3, -0.25) is 4.99 Å². The van der Waals surface area contributed by atoms with Crippen molar-refractivity contribution in [2.24, 2.45) is 10.9 Å². The third-order valence-corrected chi connectivity index (χ3v) is 8.02. The lowest BCUT2D eigenvalue weighted by molar-refractivity contribution is 0.282. The summed E-state index contributed by atoms with van der Waals surface area (Å²) in [5, 5.41) is 3.78. The van der Waals surface area contributed by atoms with E-state index in [-0.39, 0.29) is 11.9 Å². The molecule has 0 amide bonds. The minimum atomic E-state index is -0.271. The highest BCUT2D eigenvalue weighted by atomic mass is 79.9. The SMILES string of the molecule is COc1cc(C=Nc2ccc([C@@H]3Nc4ccccc4[C@H]4C=CC[C@H]43)cc2)cc(Br)c1OCc1ccc(F)cc1. The second-order valence-electron chi connectivity index (χ2n) is 9.86. The molecule has 0 radical (unpaired) electrons. The van der Waals surface area contributed by atoms with Crippen LogP contribution in [-0.4, -0.2) is 13.3 Å². The zero-order valence-electron chi connectivity index (χ0n) is 21.5. The van der Waals surface area contributed by atoms with E-state index in [0.717, 1.165) is 27.7 Å². The number of halogens is 2. The van der Waals surface area contributed by atoms with Crippen molar-refractivity contribution in [2.45, 2.75) is 25.0 Å². The molecule has 3 atom stereocenters. The maximum Gasteiger partial charge on any atom is 0.175 e. The fraction of sp³-hybridized carbons (Fsp3) is 0.182. The number of aliphatic imine (C=N–C) groups is 1. The van der Waals surface area contributed by atoms with Crippen LogP contribution in [0.4, 0.5) is 15.8 Å². The van der Waals surface area contributed by atoms with Crippen LogP contribution in [-0.2, 0) is 6.61 Å². The van der Waals surface area contributed by atoms with Gasteiger partial charge >= 0.3 is 0 Å². The summed E-state index contributed by atoms with van der Waals surface area (Å²) >= 11 is 3.60. The Bertz CT molecular complexity index is 1530. The number of benzene rings is 4. The van der Waals surface area contributed by atoms with Crippen molar-refractivity contribution in [1.82, 2.24) is 0 Å². The molecule has 2 aliphatic rings. The molecule has 4 nitrogen and oxygen atoms in total. The molecular weight excluding hydrogens is 555 g/mol. The number of anilines is 1. The zero-order valence-corrected chi connectivity index (χ0v) is 23.1. The van der Waals surface area contributed by atoms with Crippen LogP contribution in [0.25, 0.3) is 0 Å². The molecule has 6 rings (SSSR count). The number of ether oxygens (including phenoxy) is 2. The highest BCUT2D eigenvalue weighted by molar-refractivity contribution is 9.10. The highest BCUT2D eigenvalue weighted by Crippen LogP contribution is 2.49. The van der Waals surface area contributed by atoms with Crippen molar-refractivity contribution in [3.63, 3.8) is 0 Å². The van der Waals surface area contributed by atoms with Crippen molar-refractivity contribution in [3.8, 4) is 11.5 Å². The van der Waals surface area contributed by atoms with E-state index in [4.69, 9.17) is 14.5 Å². The van der Waals surface area contributed by atoms with Gasteiger partial charge in [-0.2, -0.15) is 0 Å². The number of fused-ring (bicyclic) bond motifs is 3. The van der Waals surface area contributed by atoms with Crippen LogP contribution < -0.4 is 14.8 Å². The first-order valence-electron chi connectivity index (χ1n) is 13.0. The molecule has 1 heterocycles. The first-order valence-corrected chi connectivity index (χ1v) is 13.8. The Kier molecular flexibility index (Phi) is 7.20. The normalized spacial score (nSPS) is 19.4. The molecule has 0 saturated carbocycles. The maximum absolute atomic E-state index is 13.2. The molecule has 1 N–H and O–H groups in total. The average Bonchev–Trinajstić information content (AvgIpc) is 3.46. The molecule has 6 heteroatoms. The van der Waals surface area contributed by atoms with E-state index in [1.54, 1.807) is 19.2 Å². The van der Waals surface area contributed by atoms with Crippen LogP contribution in [0.3, 0.4) is 0 Å². The molecule has 0 spiro atoms. The summed E-state index contributed by atoms with van der Waals surface area (Å²) in [6.45, 7) is 0.300. The standard InChI is InChI=1S/C33H28BrFN2O2/c1-38-31-18-22(17-29(34)33(31)39-20-21-9-13-24(35)14-10-21)19-36-25-15-11-23(12-16-25)32-28-7-4-6-26(28)27-5-2-3-8-30(27)37-32/h2-6,8-19,26,28,32,37H,7,20H2,1H3/t26-,28-,32+/m1/s1. The van der Waals surface area contributed by atoms with E-state index in [1.165, 1.54) is 28.9 Å². The molecule has 4 aromatic carbocycles. The van der Waals surface area contributed by atoms with Crippen LogP contribution in [0.15, 0.2) is 107 Å². The summed E-state index contributed by atoms with van der Waals surface area (Å²) in [7, 11) is 1.61. The smallest absolute Gasteiger partial charge is 0.175 e. The summed E-state index contributed by atoms with van der Waals surface area (Å²) < 4.78 is 25.5. The number of methoxy groups -OCH3 is 1. The summed E-state index contributed by atoms with van der Waals surface area (Å²) in [5.74, 6) is 1.88. The van der Waals surface area contributed by atoms with Gasteiger partial charge in [0.25, 0.3) is 0 Å². The number of nitrogens with one attached hydrogen (secondary N) is 1. The third kappa shape index (κ3) is 5.34. The minimum Gasteiger partial charge on any atom is -0.493 e. The topological polar surface area (TPSA) is 42.8 Å². The number of hydrogen-bond acceptors (Lipinski definition) is 4. The zero-order chi connectivity index (χ0) is 26.8. The van der Waals surface area contributed by atoms with Crippen molar-refractivity contribution in [3.05, 3.63) is 130 Å². The van der Waals surface area contributed by atoms with Crippen LogP contribution in [0.5, 0.6) is 11.5 Å². The van der Waals surface area contributed by atoms with Gasteiger partial charge in [0.05, 0.1) is 23.3 Å². The second kappa shape index (κ2) is 11.1. The fourth-order valence-electron chi connectivity index (χ4n) is 5.48. The van der Waals surface area contributed by atoms with Crippen LogP contribution >= 0.6 is 15.9 Å². The van der Waals surface area contributed by atoms with Gasteiger partial charge < -0.3 is 14.8 Å². The summed E-state index contributed by atoms with van der Waals surface area (Å²) in [6.07, 6.45) is 7.58. The molecule has 0 bridgehead atoms. The van der Waals surface area contributed by atoms with Crippen molar-refractivity contribution < 1.29 is 13.9 Å². The molecule has 0 fully saturated rings. The number of allylic oxidation sites excluding steroid dienone is 2. The summed E-state index contributed by atoms with van der Waals surface area (Å²) in [5.41, 5.74) is 6.51. The Hall–Kier alpha value is -3.90. The number of rotatable bonds is 7. The van der Waals surface area contributed by atoms with Gasteiger partial charge in [-0.25, -0.2) is 4.39 Å². The lowest BCUT2D eigenvalue weighted by Crippen LogP contribution is -2.28. The first kappa shape index (κ1) is 25.4. The number of para-hydroxylation sites is 1. The third-order valence-electron chi connectivity index (χ3n) is 7.44. The molecule has 0 unspecified atom stereocenters. The Morgan fingerprint density at radius 2 is 1.82 bits per heavy atom. The van der Waals surface area contributed by atoms with Crippen molar-refractivity contribution in [2.75, 3.05) is 12.4 Å². The monoisotopic (exact) mass is 582 g/mol. The molecular formula is C33H28BrFN2O2. The van der Waals surface area contributed by atoms with E-state index >= 15 is 0 Å². The number of hydrogen-bond donors (Lipinski definition) is 1. The van der Waals surface area contributed by atoms with Gasteiger partial charge in [0.15, 0.2) is 11.5 Å². The van der Waals surface area contributed by atoms with E-state index in [1.807, 2.05) is 18.3 Å². The lowest BCUT2D eigenvalue weighted by Gasteiger charge is -2.37. The highest BCUT2D eigenvalue weighted by Gasteiger charge is 2.37.